The summed E-state index contributed by atoms with van der Waals surface area (Å²) >= 11 is 0. The van der Waals surface area contributed by atoms with Gasteiger partial charge in [-0.25, -0.2) is 8.42 Å². The molecule has 0 atom stereocenters. The molecule has 5 rings (SSSR count). The summed E-state index contributed by atoms with van der Waals surface area (Å²) in [6, 6.07) is 30.3. The first-order valence-corrected chi connectivity index (χ1v) is 12.4. The number of anilines is 2. The molecular formula is C28H22N2O4S. The largest absolute Gasteiger partial charge is 0.496 e. The van der Waals surface area contributed by atoms with Crippen molar-refractivity contribution in [2.75, 3.05) is 17.1 Å². The van der Waals surface area contributed by atoms with Gasteiger partial charge >= 0.3 is 0 Å². The fourth-order valence-corrected chi connectivity index (χ4v) is 5.08. The van der Waals surface area contributed by atoms with Crippen LogP contribution in [0.15, 0.2) is 108 Å². The molecule has 0 unspecified atom stereocenters. The standard InChI is InChI=1S/C28H22N2O4S/c1-34-27-18-21-9-3-2-8-20(21)17-25(27)28(31)29-22-13-15-23(16-14-22)35(32,33)30-26-12-6-10-19-7-4-5-11-24(19)26/h2-18,30H,1H3,(H,29,31). The highest BCUT2D eigenvalue weighted by molar-refractivity contribution is 7.92. The average molecular weight is 483 g/mol. The zero-order valence-electron chi connectivity index (χ0n) is 18.9. The Labute approximate surface area is 203 Å². The van der Waals surface area contributed by atoms with Gasteiger partial charge in [0.1, 0.15) is 5.75 Å². The molecule has 0 fully saturated rings. The van der Waals surface area contributed by atoms with E-state index in [9.17, 15) is 13.2 Å². The van der Waals surface area contributed by atoms with E-state index >= 15 is 0 Å². The van der Waals surface area contributed by atoms with Gasteiger partial charge in [0.05, 0.1) is 23.3 Å². The molecule has 7 heteroatoms. The minimum Gasteiger partial charge on any atom is -0.496 e. The van der Waals surface area contributed by atoms with Crippen LogP contribution in [0.25, 0.3) is 21.5 Å². The van der Waals surface area contributed by atoms with Crippen LogP contribution in [-0.4, -0.2) is 21.4 Å². The molecule has 0 aliphatic rings. The second-order valence-corrected chi connectivity index (χ2v) is 9.69. The number of amides is 1. The molecule has 174 valence electrons. The molecule has 0 spiro atoms. The Hall–Kier alpha value is -4.36. The molecular weight excluding hydrogens is 460 g/mol. The predicted octanol–water partition coefficient (Wildman–Crippen LogP) is 6.05. The fraction of sp³-hybridized carbons (Fsp3) is 0.0357. The smallest absolute Gasteiger partial charge is 0.261 e. The third kappa shape index (κ3) is 4.54. The van der Waals surface area contributed by atoms with Crippen LogP contribution in [0, 0.1) is 0 Å². The molecule has 1 amide bonds. The molecule has 6 nitrogen and oxygen atoms in total. The van der Waals surface area contributed by atoms with E-state index in [1.54, 1.807) is 30.3 Å². The normalized spacial score (nSPS) is 11.3. The topological polar surface area (TPSA) is 84.5 Å². The molecule has 0 saturated heterocycles. The number of carbonyl (C=O) groups is 1. The molecule has 5 aromatic carbocycles. The van der Waals surface area contributed by atoms with Crippen LogP contribution >= 0.6 is 0 Å². The van der Waals surface area contributed by atoms with Crippen molar-refractivity contribution in [2.45, 2.75) is 4.90 Å². The number of hydrogen-bond acceptors (Lipinski definition) is 4. The highest BCUT2D eigenvalue weighted by atomic mass is 32.2. The van der Waals surface area contributed by atoms with Crippen molar-refractivity contribution < 1.29 is 17.9 Å². The first-order chi connectivity index (χ1) is 16.9. The summed E-state index contributed by atoms with van der Waals surface area (Å²) in [4.78, 5) is 13.1. The lowest BCUT2D eigenvalue weighted by Crippen LogP contribution is -2.15. The third-order valence-corrected chi connectivity index (χ3v) is 7.15. The summed E-state index contributed by atoms with van der Waals surface area (Å²) in [5.74, 6) is 0.108. The zero-order chi connectivity index (χ0) is 24.4. The van der Waals surface area contributed by atoms with Gasteiger partial charge in [0.2, 0.25) is 0 Å². The Morgan fingerprint density at radius 2 is 1.37 bits per heavy atom. The summed E-state index contributed by atoms with van der Waals surface area (Å²) in [6.07, 6.45) is 0. The molecule has 0 radical (unpaired) electrons. The van der Waals surface area contributed by atoms with Crippen LogP contribution in [0.5, 0.6) is 5.75 Å². The SMILES string of the molecule is COc1cc2ccccc2cc1C(=O)Nc1ccc(S(=O)(=O)Nc2cccc3ccccc23)cc1. The van der Waals surface area contributed by atoms with Crippen molar-refractivity contribution in [3.63, 3.8) is 0 Å². The van der Waals surface area contributed by atoms with Crippen LogP contribution in [0.4, 0.5) is 11.4 Å². The van der Waals surface area contributed by atoms with Gasteiger partial charge in [0.25, 0.3) is 15.9 Å². The molecule has 35 heavy (non-hydrogen) atoms. The van der Waals surface area contributed by atoms with E-state index in [1.165, 1.54) is 19.2 Å². The lowest BCUT2D eigenvalue weighted by Gasteiger charge is -2.13. The summed E-state index contributed by atoms with van der Waals surface area (Å²) < 4.78 is 34.1. The van der Waals surface area contributed by atoms with Crippen LogP contribution in [0.1, 0.15) is 10.4 Å². The summed E-state index contributed by atoms with van der Waals surface area (Å²) in [7, 11) is -2.30. The molecule has 0 heterocycles. The summed E-state index contributed by atoms with van der Waals surface area (Å²) in [6.45, 7) is 0. The first-order valence-electron chi connectivity index (χ1n) is 10.9. The van der Waals surface area contributed by atoms with Crippen LogP contribution in [0.3, 0.4) is 0 Å². The van der Waals surface area contributed by atoms with Gasteiger partial charge in [0.15, 0.2) is 0 Å². The lowest BCUT2D eigenvalue weighted by molar-refractivity contribution is 0.102. The zero-order valence-corrected chi connectivity index (χ0v) is 19.7. The van der Waals surface area contributed by atoms with Crippen molar-refractivity contribution in [3.8, 4) is 5.75 Å². The number of benzene rings is 5. The number of rotatable bonds is 6. The van der Waals surface area contributed by atoms with Crippen LogP contribution in [0.2, 0.25) is 0 Å². The van der Waals surface area contributed by atoms with E-state index in [2.05, 4.69) is 10.0 Å². The fourth-order valence-electron chi connectivity index (χ4n) is 4.00. The van der Waals surface area contributed by atoms with Crippen molar-refractivity contribution in [3.05, 3.63) is 109 Å². The van der Waals surface area contributed by atoms with E-state index < -0.39 is 10.0 Å². The highest BCUT2D eigenvalue weighted by Crippen LogP contribution is 2.28. The maximum absolute atomic E-state index is 13.0. The van der Waals surface area contributed by atoms with E-state index in [0.717, 1.165) is 21.5 Å². The average Bonchev–Trinajstić information content (AvgIpc) is 2.88. The van der Waals surface area contributed by atoms with E-state index in [0.29, 0.717) is 22.7 Å². The van der Waals surface area contributed by atoms with Gasteiger partial charge in [-0.1, -0.05) is 60.7 Å². The van der Waals surface area contributed by atoms with E-state index in [-0.39, 0.29) is 10.8 Å². The molecule has 0 saturated carbocycles. The Bertz CT molecular complexity index is 1660. The minimum atomic E-state index is -3.82. The summed E-state index contributed by atoms with van der Waals surface area (Å²) in [5, 5.41) is 6.45. The third-order valence-electron chi connectivity index (χ3n) is 5.77. The molecule has 2 N–H and O–H groups in total. The molecule has 0 aliphatic heterocycles. The van der Waals surface area contributed by atoms with Gasteiger partial charge < -0.3 is 10.1 Å². The van der Waals surface area contributed by atoms with Gasteiger partial charge in [-0.3, -0.25) is 9.52 Å². The maximum atomic E-state index is 13.0. The number of ether oxygens (including phenoxy) is 1. The first kappa shape index (κ1) is 22.4. The predicted molar refractivity (Wildman–Crippen MR) is 140 cm³/mol. The minimum absolute atomic E-state index is 0.0896. The van der Waals surface area contributed by atoms with Crippen molar-refractivity contribution in [1.82, 2.24) is 0 Å². The number of hydrogen-bond donors (Lipinski definition) is 2. The quantitative estimate of drug-likeness (QED) is 0.308. The van der Waals surface area contributed by atoms with Gasteiger partial charge in [-0.05, 0) is 58.6 Å². The van der Waals surface area contributed by atoms with Gasteiger partial charge in [0, 0.05) is 11.1 Å². The number of methoxy groups -OCH3 is 1. The second kappa shape index (κ2) is 9.12. The van der Waals surface area contributed by atoms with Crippen molar-refractivity contribution in [2.24, 2.45) is 0 Å². The highest BCUT2D eigenvalue weighted by Gasteiger charge is 2.17. The Morgan fingerprint density at radius 1 is 0.743 bits per heavy atom. The lowest BCUT2D eigenvalue weighted by atomic mass is 10.1. The van der Waals surface area contributed by atoms with E-state index in [4.69, 9.17) is 4.74 Å². The second-order valence-electron chi connectivity index (χ2n) is 8.01. The number of nitrogens with one attached hydrogen (secondary N) is 2. The van der Waals surface area contributed by atoms with Crippen molar-refractivity contribution >= 4 is 48.9 Å². The molecule has 5 aromatic rings. The van der Waals surface area contributed by atoms with E-state index in [1.807, 2.05) is 60.7 Å². The Kier molecular flexibility index (Phi) is 5.84. The maximum Gasteiger partial charge on any atom is 0.261 e. The molecule has 0 aliphatic carbocycles. The van der Waals surface area contributed by atoms with Crippen molar-refractivity contribution in [1.29, 1.82) is 0 Å². The van der Waals surface area contributed by atoms with Crippen LogP contribution < -0.4 is 14.8 Å². The Morgan fingerprint density at radius 3 is 2.09 bits per heavy atom. The van der Waals surface area contributed by atoms with Gasteiger partial charge in [-0.2, -0.15) is 0 Å². The Balaban J connectivity index is 1.37. The number of sulfonamides is 1. The number of carbonyl (C=O) groups excluding carboxylic acids is 1. The number of fused-ring (bicyclic) bond motifs is 2. The molecule has 0 aromatic heterocycles. The van der Waals surface area contributed by atoms with Crippen LogP contribution in [-0.2, 0) is 10.0 Å². The summed E-state index contributed by atoms with van der Waals surface area (Å²) in [5.41, 5.74) is 1.36. The van der Waals surface area contributed by atoms with Gasteiger partial charge in [-0.15, -0.1) is 0 Å². The molecule has 0 bridgehead atoms. The monoisotopic (exact) mass is 482 g/mol.